The smallest absolute Gasteiger partial charge is 0.282 e. The predicted octanol–water partition coefficient (Wildman–Crippen LogP) is 3.04. The number of amides is 1. The quantitative estimate of drug-likeness (QED) is 0.744. The summed E-state index contributed by atoms with van der Waals surface area (Å²) >= 11 is 1.82. The van der Waals surface area contributed by atoms with Crippen molar-refractivity contribution in [2.45, 2.75) is 31.6 Å². The molecule has 144 valence electrons. The maximum Gasteiger partial charge on any atom is 0.282 e. The van der Waals surface area contributed by atoms with E-state index in [1.54, 1.807) is 0 Å². The van der Waals surface area contributed by atoms with Crippen molar-refractivity contribution in [1.82, 2.24) is 4.98 Å². The van der Waals surface area contributed by atoms with Gasteiger partial charge in [-0.15, -0.1) is 11.3 Å². The standard InChI is InChI=1S/C23H25N3OS/c27-22(26-14-6-8-17-7-1-3-11-20(17)26)16-25-13-5-9-18(15-25)23-24-19-10-2-4-12-21(19)28-23/h1-4,7,10-12,18H,5-6,8-9,13-16H2/p+1/t18-/m0/s1. The number of aryl methyl sites for hydroxylation is 1. The number of carbonyl (C=O) groups is 1. The third-order valence-electron chi connectivity index (χ3n) is 6.09. The number of hydrogen-bond acceptors (Lipinski definition) is 3. The Hall–Kier alpha value is -2.24. The molecule has 5 rings (SSSR count). The first-order valence-electron chi connectivity index (χ1n) is 10.4. The minimum Gasteiger partial charge on any atom is -0.327 e. The summed E-state index contributed by atoms with van der Waals surface area (Å²) < 4.78 is 1.27. The van der Waals surface area contributed by atoms with Crippen molar-refractivity contribution in [3.63, 3.8) is 0 Å². The summed E-state index contributed by atoms with van der Waals surface area (Å²) in [7, 11) is 0. The number of carbonyl (C=O) groups excluding carboxylic acids is 1. The Morgan fingerprint density at radius 1 is 1.14 bits per heavy atom. The molecule has 2 atom stereocenters. The number of benzene rings is 2. The lowest BCUT2D eigenvalue weighted by Gasteiger charge is -2.33. The molecule has 1 saturated heterocycles. The van der Waals surface area contributed by atoms with Gasteiger partial charge in [-0.1, -0.05) is 30.3 Å². The molecular formula is C23H26N3OS+. The van der Waals surface area contributed by atoms with Gasteiger partial charge in [-0.2, -0.15) is 0 Å². The van der Waals surface area contributed by atoms with Crippen LogP contribution in [0.15, 0.2) is 48.5 Å². The van der Waals surface area contributed by atoms with E-state index in [1.807, 2.05) is 22.3 Å². The van der Waals surface area contributed by atoms with Gasteiger partial charge in [0.2, 0.25) is 0 Å². The Morgan fingerprint density at radius 3 is 2.93 bits per heavy atom. The lowest BCUT2D eigenvalue weighted by atomic mass is 9.98. The van der Waals surface area contributed by atoms with Crippen molar-refractivity contribution in [3.05, 3.63) is 59.1 Å². The molecule has 2 aliphatic heterocycles. The Bertz CT molecular complexity index is 965. The van der Waals surface area contributed by atoms with E-state index in [0.29, 0.717) is 12.5 Å². The van der Waals surface area contributed by atoms with Crippen LogP contribution in [0.2, 0.25) is 0 Å². The highest BCUT2D eigenvalue weighted by Gasteiger charge is 2.31. The van der Waals surface area contributed by atoms with Crippen LogP contribution >= 0.6 is 11.3 Å². The van der Waals surface area contributed by atoms with E-state index < -0.39 is 0 Å². The SMILES string of the molecule is O=C(C[NH+]1CCC[C@H](c2nc3ccccc3s2)C1)N1CCCc2ccccc21. The zero-order valence-electron chi connectivity index (χ0n) is 16.1. The van der Waals surface area contributed by atoms with Crippen molar-refractivity contribution in [2.24, 2.45) is 0 Å². The monoisotopic (exact) mass is 392 g/mol. The molecule has 1 N–H and O–H groups in total. The molecule has 1 fully saturated rings. The second-order valence-electron chi connectivity index (χ2n) is 8.02. The number of nitrogens with one attached hydrogen (secondary N) is 1. The van der Waals surface area contributed by atoms with Crippen LogP contribution in [0, 0.1) is 0 Å². The minimum absolute atomic E-state index is 0.270. The van der Waals surface area contributed by atoms with E-state index in [9.17, 15) is 4.79 Å². The lowest BCUT2D eigenvalue weighted by Crippen LogP contribution is -3.14. The van der Waals surface area contributed by atoms with Crippen molar-refractivity contribution in [3.8, 4) is 0 Å². The molecule has 0 aliphatic carbocycles. The Labute approximate surface area is 169 Å². The number of nitrogens with zero attached hydrogens (tertiary/aromatic N) is 2. The minimum atomic E-state index is 0.270. The van der Waals surface area contributed by atoms with E-state index in [0.717, 1.165) is 43.7 Å². The molecule has 0 spiro atoms. The van der Waals surface area contributed by atoms with Crippen molar-refractivity contribution >= 4 is 33.1 Å². The molecule has 3 heterocycles. The Kier molecular flexibility index (Phi) is 4.87. The average Bonchev–Trinajstić information content (AvgIpc) is 3.18. The fraction of sp³-hybridized carbons (Fsp3) is 0.391. The summed E-state index contributed by atoms with van der Waals surface area (Å²) in [5, 5.41) is 1.24. The second-order valence-corrected chi connectivity index (χ2v) is 9.08. The van der Waals surface area contributed by atoms with Crippen LogP contribution in [0.3, 0.4) is 0 Å². The summed E-state index contributed by atoms with van der Waals surface area (Å²) in [6, 6.07) is 16.8. The third-order valence-corrected chi connectivity index (χ3v) is 7.29. The highest BCUT2D eigenvalue weighted by molar-refractivity contribution is 7.18. The molecule has 2 aliphatic rings. The lowest BCUT2D eigenvalue weighted by molar-refractivity contribution is -0.898. The summed E-state index contributed by atoms with van der Waals surface area (Å²) in [5.74, 6) is 0.745. The molecule has 0 radical (unpaired) electrons. The first kappa shape index (κ1) is 17.8. The molecule has 0 bridgehead atoms. The molecule has 1 aromatic heterocycles. The van der Waals surface area contributed by atoms with Crippen LogP contribution in [0.4, 0.5) is 5.69 Å². The average molecular weight is 393 g/mol. The number of quaternary nitrogens is 1. The number of likely N-dealkylation sites (tertiary alicyclic amines) is 1. The summed E-state index contributed by atoms with van der Waals surface area (Å²) in [6.45, 7) is 3.55. The number of aromatic nitrogens is 1. The van der Waals surface area contributed by atoms with Gasteiger partial charge < -0.3 is 9.80 Å². The number of piperidine rings is 1. The van der Waals surface area contributed by atoms with Gasteiger partial charge in [-0.05, 0) is 49.4 Å². The number of hydrogen-bond donors (Lipinski definition) is 1. The van der Waals surface area contributed by atoms with E-state index in [2.05, 4.69) is 42.5 Å². The Balaban J connectivity index is 1.29. The fourth-order valence-corrected chi connectivity index (χ4v) is 5.79. The fourth-order valence-electron chi connectivity index (χ4n) is 4.69. The molecule has 4 nitrogen and oxygen atoms in total. The van der Waals surface area contributed by atoms with Gasteiger partial charge in [0, 0.05) is 12.2 Å². The van der Waals surface area contributed by atoms with Crippen molar-refractivity contribution in [2.75, 3.05) is 31.1 Å². The number of para-hydroxylation sites is 2. The van der Waals surface area contributed by atoms with E-state index >= 15 is 0 Å². The second kappa shape index (κ2) is 7.64. The molecule has 5 heteroatoms. The van der Waals surface area contributed by atoms with Gasteiger partial charge in [0.1, 0.15) is 5.01 Å². The van der Waals surface area contributed by atoms with Crippen LogP contribution in [0.5, 0.6) is 0 Å². The largest absolute Gasteiger partial charge is 0.327 e. The third kappa shape index (κ3) is 3.45. The molecule has 0 saturated carbocycles. The molecule has 3 aromatic rings. The van der Waals surface area contributed by atoms with Gasteiger partial charge in [-0.3, -0.25) is 4.79 Å². The highest BCUT2D eigenvalue weighted by Crippen LogP contribution is 2.30. The number of rotatable bonds is 3. The summed E-state index contributed by atoms with van der Waals surface area (Å²) in [6.07, 6.45) is 4.49. The van der Waals surface area contributed by atoms with Crippen LogP contribution in [-0.4, -0.2) is 37.1 Å². The van der Waals surface area contributed by atoms with Crippen molar-refractivity contribution < 1.29 is 9.69 Å². The van der Waals surface area contributed by atoms with Gasteiger partial charge in [0.15, 0.2) is 6.54 Å². The number of thiazole rings is 1. The first-order chi connectivity index (χ1) is 13.8. The predicted molar refractivity (Wildman–Crippen MR) is 114 cm³/mol. The maximum atomic E-state index is 13.1. The zero-order valence-corrected chi connectivity index (χ0v) is 16.9. The van der Waals surface area contributed by atoms with Gasteiger partial charge >= 0.3 is 0 Å². The van der Waals surface area contributed by atoms with Gasteiger partial charge in [0.05, 0.1) is 29.2 Å². The number of anilines is 1. The summed E-state index contributed by atoms with van der Waals surface area (Å²) in [4.78, 5) is 21.4. The van der Waals surface area contributed by atoms with E-state index in [4.69, 9.17) is 4.98 Å². The number of fused-ring (bicyclic) bond motifs is 2. The molecule has 28 heavy (non-hydrogen) atoms. The van der Waals surface area contributed by atoms with Gasteiger partial charge in [0.25, 0.3) is 5.91 Å². The summed E-state index contributed by atoms with van der Waals surface area (Å²) in [5.41, 5.74) is 3.54. The van der Waals surface area contributed by atoms with Crippen LogP contribution < -0.4 is 9.80 Å². The molecule has 1 amide bonds. The first-order valence-corrected chi connectivity index (χ1v) is 11.2. The molecule has 2 aromatic carbocycles. The van der Waals surface area contributed by atoms with E-state index in [-0.39, 0.29) is 5.91 Å². The van der Waals surface area contributed by atoms with E-state index in [1.165, 1.54) is 33.0 Å². The molecule has 1 unspecified atom stereocenters. The van der Waals surface area contributed by atoms with Crippen LogP contribution in [0.25, 0.3) is 10.2 Å². The van der Waals surface area contributed by atoms with Crippen LogP contribution in [-0.2, 0) is 11.2 Å². The van der Waals surface area contributed by atoms with Crippen LogP contribution in [0.1, 0.15) is 35.8 Å². The van der Waals surface area contributed by atoms with Gasteiger partial charge in [-0.25, -0.2) is 4.98 Å². The highest BCUT2D eigenvalue weighted by atomic mass is 32.1. The zero-order chi connectivity index (χ0) is 18.9. The normalized spacial score (nSPS) is 22.2. The topological polar surface area (TPSA) is 37.6 Å². The molecular weight excluding hydrogens is 366 g/mol. The maximum absolute atomic E-state index is 13.1. The van der Waals surface area contributed by atoms with Crippen molar-refractivity contribution in [1.29, 1.82) is 0 Å². The Morgan fingerprint density at radius 2 is 2.00 bits per heavy atom.